The average Bonchev–Trinajstić information content (AvgIpc) is 2.66. The van der Waals surface area contributed by atoms with E-state index in [1.165, 1.54) is 0 Å². The Labute approximate surface area is 168 Å². The van der Waals surface area contributed by atoms with E-state index in [0.29, 0.717) is 17.9 Å². The first-order chi connectivity index (χ1) is 13.3. The fourth-order valence-electron chi connectivity index (χ4n) is 3.56. The smallest absolute Gasteiger partial charge is 0.329 e. The number of benzene rings is 1. The number of amides is 1. The summed E-state index contributed by atoms with van der Waals surface area (Å²) in [6, 6.07) is 6.44. The van der Waals surface area contributed by atoms with Gasteiger partial charge < -0.3 is 10.1 Å². The molecular formula is C23H33NO4. The number of carbonyl (C=O) groups is 3. The standard InChI is InChI=1S/C23H33NO4/c1-15(2)13-20(24-22(26)19-11-7-17(4)8-12-19)23(27)28-14-21(25)18-9-5-16(3)6-10-18/h5-6,9-10,15,17,19-20H,7-8,11-14H2,1-4H3,(H,24,26)/t17?,19?,20-/m1/s1. The van der Waals surface area contributed by atoms with E-state index in [4.69, 9.17) is 4.74 Å². The molecule has 0 heterocycles. The van der Waals surface area contributed by atoms with E-state index in [-0.39, 0.29) is 30.1 Å². The van der Waals surface area contributed by atoms with Crippen LogP contribution in [0.25, 0.3) is 0 Å². The monoisotopic (exact) mass is 387 g/mol. The highest BCUT2D eigenvalue weighted by atomic mass is 16.5. The minimum Gasteiger partial charge on any atom is -0.456 e. The zero-order valence-electron chi connectivity index (χ0n) is 17.5. The van der Waals surface area contributed by atoms with Crippen LogP contribution in [0.15, 0.2) is 24.3 Å². The maximum absolute atomic E-state index is 12.6. The van der Waals surface area contributed by atoms with Gasteiger partial charge in [0.25, 0.3) is 0 Å². The number of ether oxygens (including phenoxy) is 1. The third kappa shape index (κ3) is 6.77. The zero-order valence-corrected chi connectivity index (χ0v) is 17.5. The molecule has 1 N–H and O–H groups in total. The maximum Gasteiger partial charge on any atom is 0.329 e. The third-order valence-corrected chi connectivity index (χ3v) is 5.41. The van der Waals surface area contributed by atoms with Crippen LogP contribution in [-0.2, 0) is 14.3 Å². The van der Waals surface area contributed by atoms with Gasteiger partial charge in [0.1, 0.15) is 6.04 Å². The van der Waals surface area contributed by atoms with Crippen molar-refractivity contribution in [1.82, 2.24) is 5.32 Å². The lowest BCUT2D eigenvalue weighted by Crippen LogP contribution is -2.46. The van der Waals surface area contributed by atoms with Crippen LogP contribution in [0.4, 0.5) is 0 Å². The number of Topliss-reactive ketones (excluding diaryl/α,β-unsaturated/α-hetero) is 1. The number of rotatable bonds is 8. The molecule has 1 atom stereocenters. The molecule has 1 aromatic rings. The first-order valence-electron chi connectivity index (χ1n) is 10.3. The highest BCUT2D eigenvalue weighted by Crippen LogP contribution is 2.28. The Morgan fingerprint density at radius 2 is 1.68 bits per heavy atom. The molecule has 0 saturated heterocycles. The number of esters is 1. The Bertz CT molecular complexity index is 672. The topological polar surface area (TPSA) is 72.5 Å². The minimum atomic E-state index is -0.710. The summed E-state index contributed by atoms with van der Waals surface area (Å²) < 4.78 is 5.25. The Hall–Kier alpha value is -2.17. The lowest BCUT2D eigenvalue weighted by Gasteiger charge is -2.27. The Morgan fingerprint density at radius 1 is 1.07 bits per heavy atom. The van der Waals surface area contributed by atoms with Crippen LogP contribution in [0, 0.1) is 24.7 Å². The van der Waals surface area contributed by atoms with Crippen molar-refractivity contribution in [3.05, 3.63) is 35.4 Å². The van der Waals surface area contributed by atoms with Gasteiger partial charge in [-0.15, -0.1) is 0 Å². The van der Waals surface area contributed by atoms with Crippen molar-refractivity contribution >= 4 is 17.7 Å². The molecule has 0 spiro atoms. The minimum absolute atomic E-state index is 0.0344. The van der Waals surface area contributed by atoms with E-state index >= 15 is 0 Å². The van der Waals surface area contributed by atoms with Crippen molar-refractivity contribution in [3.63, 3.8) is 0 Å². The van der Waals surface area contributed by atoms with Gasteiger partial charge in [-0.1, -0.05) is 50.6 Å². The van der Waals surface area contributed by atoms with Crippen molar-refractivity contribution in [2.75, 3.05) is 6.61 Å². The molecule has 0 radical (unpaired) electrons. The SMILES string of the molecule is Cc1ccc(C(=O)COC(=O)[C@@H](CC(C)C)NC(=O)C2CCC(C)CC2)cc1. The van der Waals surface area contributed by atoms with Gasteiger partial charge in [0.2, 0.25) is 5.91 Å². The number of carbonyl (C=O) groups excluding carboxylic acids is 3. The van der Waals surface area contributed by atoms with E-state index in [9.17, 15) is 14.4 Å². The summed E-state index contributed by atoms with van der Waals surface area (Å²) in [7, 11) is 0. The summed E-state index contributed by atoms with van der Waals surface area (Å²) in [4.78, 5) is 37.4. The summed E-state index contributed by atoms with van der Waals surface area (Å²) in [5.41, 5.74) is 1.57. The second kappa shape index (κ2) is 10.4. The van der Waals surface area contributed by atoms with Crippen LogP contribution in [0.5, 0.6) is 0 Å². The Kier molecular flexibility index (Phi) is 8.21. The highest BCUT2D eigenvalue weighted by Gasteiger charge is 2.29. The van der Waals surface area contributed by atoms with Gasteiger partial charge >= 0.3 is 5.97 Å². The molecule has 0 unspecified atom stereocenters. The van der Waals surface area contributed by atoms with Gasteiger partial charge in [0.05, 0.1) is 0 Å². The molecule has 2 rings (SSSR count). The van der Waals surface area contributed by atoms with Gasteiger partial charge in [0, 0.05) is 11.5 Å². The van der Waals surface area contributed by atoms with E-state index in [2.05, 4.69) is 12.2 Å². The normalized spacial score (nSPS) is 20.5. The van der Waals surface area contributed by atoms with Crippen LogP contribution in [-0.4, -0.2) is 30.3 Å². The van der Waals surface area contributed by atoms with Gasteiger partial charge in [-0.25, -0.2) is 4.79 Å². The molecule has 1 aliphatic rings. The number of aryl methyl sites for hydroxylation is 1. The van der Waals surface area contributed by atoms with E-state index in [1.54, 1.807) is 12.1 Å². The van der Waals surface area contributed by atoms with Crippen molar-refractivity contribution in [2.24, 2.45) is 17.8 Å². The molecule has 0 aromatic heterocycles. The molecule has 154 valence electrons. The fourth-order valence-corrected chi connectivity index (χ4v) is 3.56. The molecule has 5 heteroatoms. The summed E-state index contributed by atoms with van der Waals surface area (Å²) in [5, 5.41) is 2.88. The van der Waals surface area contributed by atoms with E-state index in [0.717, 1.165) is 31.2 Å². The van der Waals surface area contributed by atoms with Crippen molar-refractivity contribution in [2.45, 2.75) is 65.8 Å². The van der Waals surface area contributed by atoms with Crippen molar-refractivity contribution < 1.29 is 19.1 Å². The number of nitrogens with one attached hydrogen (secondary N) is 1. The first kappa shape index (κ1) is 22.1. The van der Waals surface area contributed by atoms with E-state index < -0.39 is 12.0 Å². The number of hydrogen-bond donors (Lipinski definition) is 1. The molecule has 5 nitrogen and oxygen atoms in total. The lowest BCUT2D eigenvalue weighted by atomic mass is 9.82. The van der Waals surface area contributed by atoms with Crippen molar-refractivity contribution in [3.8, 4) is 0 Å². The fraction of sp³-hybridized carbons (Fsp3) is 0.609. The third-order valence-electron chi connectivity index (χ3n) is 5.41. The second-order valence-corrected chi connectivity index (χ2v) is 8.54. The molecule has 1 amide bonds. The van der Waals surface area contributed by atoms with Gasteiger partial charge in [-0.2, -0.15) is 0 Å². The largest absolute Gasteiger partial charge is 0.456 e. The molecule has 0 bridgehead atoms. The summed E-state index contributed by atoms with van der Waals surface area (Å²) in [6.07, 6.45) is 4.31. The summed E-state index contributed by atoms with van der Waals surface area (Å²) in [5.74, 6) is -0.00608. The molecule has 1 saturated carbocycles. The summed E-state index contributed by atoms with van der Waals surface area (Å²) in [6.45, 7) is 7.82. The molecular weight excluding hydrogens is 354 g/mol. The van der Waals surface area contributed by atoms with Crippen molar-refractivity contribution in [1.29, 1.82) is 0 Å². The molecule has 1 aromatic carbocycles. The van der Waals surface area contributed by atoms with Gasteiger partial charge in [-0.3, -0.25) is 9.59 Å². The quantitative estimate of drug-likeness (QED) is 0.539. The Morgan fingerprint density at radius 3 is 2.25 bits per heavy atom. The van der Waals surface area contributed by atoms with Crippen LogP contribution in [0.3, 0.4) is 0 Å². The average molecular weight is 388 g/mol. The van der Waals surface area contributed by atoms with Crippen LogP contribution < -0.4 is 5.32 Å². The highest BCUT2D eigenvalue weighted by molar-refractivity contribution is 5.98. The molecule has 28 heavy (non-hydrogen) atoms. The number of ketones is 1. The maximum atomic E-state index is 12.6. The predicted octanol–water partition coefficient (Wildman–Crippen LogP) is 4.08. The molecule has 1 fully saturated rings. The van der Waals surface area contributed by atoms with Crippen LogP contribution >= 0.6 is 0 Å². The molecule has 0 aliphatic heterocycles. The first-order valence-corrected chi connectivity index (χ1v) is 10.3. The van der Waals surface area contributed by atoms with Gasteiger partial charge in [-0.05, 0) is 50.9 Å². The summed E-state index contributed by atoms with van der Waals surface area (Å²) >= 11 is 0. The van der Waals surface area contributed by atoms with Gasteiger partial charge in [0.15, 0.2) is 12.4 Å². The van der Waals surface area contributed by atoms with Crippen LogP contribution in [0.1, 0.15) is 68.8 Å². The lowest BCUT2D eigenvalue weighted by molar-refractivity contribution is -0.148. The van der Waals surface area contributed by atoms with Crippen LogP contribution in [0.2, 0.25) is 0 Å². The second-order valence-electron chi connectivity index (χ2n) is 8.54. The molecule has 1 aliphatic carbocycles. The number of hydrogen-bond acceptors (Lipinski definition) is 4. The van der Waals surface area contributed by atoms with E-state index in [1.807, 2.05) is 32.9 Å². The zero-order chi connectivity index (χ0) is 20.7. The Balaban J connectivity index is 1.91. The predicted molar refractivity (Wildman–Crippen MR) is 109 cm³/mol.